The lowest BCUT2D eigenvalue weighted by atomic mass is 9.79. The average Bonchev–Trinajstić information content (AvgIpc) is 2.82. The van der Waals surface area contributed by atoms with Gasteiger partial charge < -0.3 is 20.1 Å². The summed E-state index contributed by atoms with van der Waals surface area (Å²) < 4.78 is 10.7. The highest BCUT2D eigenvalue weighted by Crippen LogP contribution is 2.46. The fourth-order valence-corrected chi connectivity index (χ4v) is 4.59. The first-order chi connectivity index (χ1) is 15.9. The van der Waals surface area contributed by atoms with Gasteiger partial charge in [0.05, 0.1) is 29.8 Å². The molecule has 0 aliphatic heterocycles. The number of carbonyl (C=O) groups is 1. The van der Waals surface area contributed by atoms with Crippen molar-refractivity contribution >= 4 is 46.0 Å². The fourth-order valence-electron chi connectivity index (χ4n) is 3.87. The van der Waals surface area contributed by atoms with Gasteiger partial charge in [-0.1, -0.05) is 35.8 Å². The molecule has 4 rings (SSSR count). The monoisotopic (exact) mass is 486 g/mol. The molecule has 0 spiro atoms. The van der Waals surface area contributed by atoms with Gasteiger partial charge in [-0.05, 0) is 42.5 Å². The summed E-state index contributed by atoms with van der Waals surface area (Å²) in [6.07, 6.45) is 5.09. The number of nitrogens with one attached hydrogen (secondary N) is 2. The molecule has 2 aromatic carbocycles. The third kappa shape index (κ3) is 4.70. The molecule has 1 saturated carbocycles. The second kappa shape index (κ2) is 9.85. The van der Waals surface area contributed by atoms with E-state index in [0.717, 1.165) is 29.3 Å². The Bertz CT molecular complexity index is 1190. The van der Waals surface area contributed by atoms with Crippen LogP contribution in [0.5, 0.6) is 11.5 Å². The highest BCUT2D eigenvalue weighted by Gasteiger charge is 2.31. The Labute approximate surface area is 202 Å². The maximum Gasteiger partial charge on any atom is 0.243 e. The third-order valence-electron chi connectivity index (χ3n) is 5.90. The standard InChI is InChI=1S/C24H24Cl2N4O3/c1-4-20(31)27-11-14-6-8-16(14)29-24-28-12-15-9-13(5-7-17(15)30-24)21-22(25)18(32-2)10-19(33-3)23(21)26/h4-5,7,9-10,12,14,16H,1,6,8,11H2,2-3H3,(H,27,31)(H,28,29,30)/t14-,16-/m1/s1. The normalized spacial score (nSPS) is 17.2. The average molecular weight is 487 g/mol. The van der Waals surface area contributed by atoms with Crippen LogP contribution in [0, 0.1) is 5.92 Å². The summed E-state index contributed by atoms with van der Waals surface area (Å²) in [5, 5.41) is 7.88. The Kier molecular flexibility index (Phi) is 6.91. The first-order valence-corrected chi connectivity index (χ1v) is 11.2. The van der Waals surface area contributed by atoms with Gasteiger partial charge in [-0.2, -0.15) is 0 Å². The molecule has 0 unspecified atom stereocenters. The number of halogens is 2. The molecule has 0 saturated heterocycles. The molecular formula is C24H24Cl2N4O3. The summed E-state index contributed by atoms with van der Waals surface area (Å²) in [7, 11) is 3.09. The van der Waals surface area contributed by atoms with Crippen LogP contribution in [-0.2, 0) is 4.79 Å². The molecule has 0 bridgehead atoms. The van der Waals surface area contributed by atoms with Crippen molar-refractivity contribution in [2.75, 3.05) is 26.1 Å². The second-order valence-corrected chi connectivity index (χ2v) is 8.54. The summed E-state index contributed by atoms with van der Waals surface area (Å²) in [4.78, 5) is 20.5. The van der Waals surface area contributed by atoms with Crippen molar-refractivity contribution in [3.8, 4) is 22.6 Å². The zero-order valence-corrected chi connectivity index (χ0v) is 19.8. The number of ether oxygens (including phenoxy) is 2. The van der Waals surface area contributed by atoms with Gasteiger partial charge in [0, 0.05) is 35.8 Å². The lowest BCUT2D eigenvalue weighted by molar-refractivity contribution is -0.116. The van der Waals surface area contributed by atoms with Gasteiger partial charge in [0.15, 0.2) is 0 Å². The van der Waals surface area contributed by atoms with Gasteiger partial charge in [0.1, 0.15) is 11.5 Å². The SMILES string of the molecule is C=CC(=O)NC[C@H]1CC[C@H]1Nc1ncc2cc(-c3c(Cl)c(OC)cc(OC)c3Cl)ccc2n1. The van der Waals surface area contributed by atoms with Crippen molar-refractivity contribution in [3.05, 3.63) is 53.2 Å². The van der Waals surface area contributed by atoms with Crippen molar-refractivity contribution in [2.45, 2.75) is 18.9 Å². The molecule has 1 heterocycles. The maximum absolute atomic E-state index is 11.4. The van der Waals surface area contributed by atoms with Crippen LogP contribution in [0.4, 0.5) is 5.95 Å². The second-order valence-electron chi connectivity index (χ2n) is 7.79. The predicted octanol–water partition coefficient (Wildman–Crippen LogP) is 5.11. The Morgan fingerprint density at radius 1 is 1.18 bits per heavy atom. The van der Waals surface area contributed by atoms with Crippen LogP contribution in [-0.4, -0.2) is 42.7 Å². The van der Waals surface area contributed by atoms with E-state index in [-0.39, 0.29) is 11.9 Å². The first kappa shape index (κ1) is 23.1. The third-order valence-corrected chi connectivity index (χ3v) is 6.65. The quantitative estimate of drug-likeness (QED) is 0.430. The van der Waals surface area contributed by atoms with Crippen LogP contribution in [0.2, 0.25) is 10.0 Å². The van der Waals surface area contributed by atoms with Crippen LogP contribution < -0.4 is 20.1 Å². The van der Waals surface area contributed by atoms with E-state index in [1.807, 2.05) is 18.2 Å². The number of amides is 1. The van der Waals surface area contributed by atoms with Crippen molar-refractivity contribution in [1.29, 1.82) is 0 Å². The topological polar surface area (TPSA) is 85.4 Å². The van der Waals surface area contributed by atoms with E-state index in [0.29, 0.717) is 45.5 Å². The first-order valence-electron chi connectivity index (χ1n) is 10.5. The number of methoxy groups -OCH3 is 2. The van der Waals surface area contributed by atoms with Gasteiger partial charge in [-0.25, -0.2) is 9.97 Å². The lowest BCUT2D eigenvalue weighted by Gasteiger charge is -2.37. The predicted molar refractivity (Wildman–Crippen MR) is 131 cm³/mol. The largest absolute Gasteiger partial charge is 0.495 e. The van der Waals surface area contributed by atoms with Crippen molar-refractivity contribution in [3.63, 3.8) is 0 Å². The van der Waals surface area contributed by atoms with Gasteiger partial charge in [-0.3, -0.25) is 4.79 Å². The van der Waals surface area contributed by atoms with Gasteiger partial charge >= 0.3 is 0 Å². The molecule has 0 radical (unpaired) electrons. The highest BCUT2D eigenvalue weighted by molar-refractivity contribution is 6.41. The number of aromatic nitrogens is 2. The van der Waals surface area contributed by atoms with Crippen LogP contribution >= 0.6 is 23.2 Å². The number of hydrogen-bond acceptors (Lipinski definition) is 6. The molecule has 7 nitrogen and oxygen atoms in total. The van der Waals surface area contributed by atoms with E-state index in [9.17, 15) is 4.79 Å². The molecule has 3 aromatic rings. The summed E-state index contributed by atoms with van der Waals surface area (Å²) in [5.41, 5.74) is 2.21. The van der Waals surface area contributed by atoms with Gasteiger partial charge in [0.2, 0.25) is 11.9 Å². The van der Waals surface area contributed by atoms with E-state index in [1.54, 1.807) is 26.5 Å². The molecule has 1 aromatic heterocycles. The summed E-state index contributed by atoms with van der Waals surface area (Å²) >= 11 is 13.1. The Morgan fingerprint density at radius 3 is 2.52 bits per heavy atom. The van der Waals surface area contributed by atoms with Crippen LogP contribution in [0.25, 0.3) is 22.0 Å². The number of hydrogen-bond donors (Lipinski definition) is 2. The number of benzene rings is 2. The Morgan fingerprint density at radius 2 is 1.91 bits per heavy atom. The lowest BCUT2D eigenvalue weighted by Crippen LogP contribution is -2.45. The molecule has 33 heavy (non-hydrogen) atoms. The van der Waals surface area contributed by atoms with Crippen molar-refractivity contribution < 1.29 is 14.3 Å². The van der Waals surface area contributed by atoms with Gasteiger partial charge in [-0.15, -0.1) is 0 Å². The summed E-state index contributed by atoms with van der Waals surface area (Å²) in [6.45, 7) is 4.08. The van der Waals surface area contributed by atoms with Crippen molar-refractivity contribution in [1.82, 2.24) is 15.3 Å². The minimum absolute atomic E-state index is 0.160. The number of anilines is 1. The smallest absolute Gasteiger partial charge is 0.243 e. The maximum atomic E-state index is 11.4. The number of fused-ring (bicyclic) bond motifs is 1. The van der Waals surface area contributed by atoms with E-state index in [1.165, 1.54) is 6.08 Å². The van der Waals surface area contributed by atoms with Crippen molar-refractivity contribution in [2.24, 2.45) is 5.92 Å². The van der Waals surface area contributed by atoms with Crippen LogP contribution in [0.1, 0.15) is 12.8 Å². The molecular weight excluding hydrogens is 463 g/mol. The highest BCUT2D eigenvalue weighted by atomic mass is 35.5. The summed E-state index contributed by atoms with van der Waals surface area (Å²) in [6, 6.07) is 7.61. The number of nitrogens with zero attached hydrogens (tertiary/aromatic N) is 2. The molecule has 1 aliphatic rings. The fraction of sp³-hybridized carbons (Fsp3) is 0.292. The minimum atomic E-state index is -0.160. The number of carbonyl (C=O) groups excluding carboxylic acids is 1. The molecule has 1 aliphatic carbocycles. The zero-order valence-electron chi connectivity index (χ0n) is 18.3. The zero-order chi connectivity index (χ0) is 23.5. The summed E-state index contributed by atoms with van der Waals surface area (Å²) in [5.74, 6) is 1.68. The number of rotatable bonds is 8. The van der Waals surface area contributed by atoms with E-state index in [2.05, 4.69) is 27.2 Å². The van der Waals surface area contributed by atoms with Crippen LogP contribution in [0.3, 0.4) is 0 Å². The Balaban J connectivity index is 1.57. The Hall–Kier alpha value is -3.03. The van der Waals surface area contributed by atoms with E-state index in [4.69, 9.17) is 32.7 Å². The molecule has 1 fully saturated rings. The van der Waals surface area contributed by atoms with E-state index >= 15 is 0 Å². The molecule has 9 heteroatoms. The molecule has 2 atom stereocenters. The van der Waals surface area contributed by atoms with Crippen LogP contribution in [0.15, 0.2) is 43.1 Å². The minimum Gasteiger partial charge on any atom is -0.495 e. The van der Waals surface area contributed by atoms with Gasteiger partial charge in [0.25, 0.3) is 0 Å². The molecule has 2 N–H and O–H groups in total. The van der Waals surface area contributed by atoms with E-state index < -0.39 is 0 Å². The molecule has 1 amide bonds. The molecule has 172 valence electrons.